The minimum absolute atomic E-state index is 0.0756. The van der Waals surface area contributed by atoms with Crippen LogP contribution in [0.5, 0.6) is 0 Å². The Labute approximate surface area is 143 Å². The van der Waals surface area contributed by atoms with Gasteiger partial charge in [0.25, 0.3) is 5.91 Å². The van der Waals surface area contributed by atoms with Crippen molar-refractivity contribution >= 4 is 27.8 Å². The van der Waals surface area contributed by atoms with Crippen LogP contribution in [0.4, 0.5) is 0 Å². The monoisotopic (exact) mass is 385 g/mol. The zero-order valence-corrected chi connectivity index (χ0v) is 14.3. The largest absolute Gasteiger partial charge is 0.478 e. The number of carboxylic acid groups (broad SMARTS) is 1. The van der Waals surface area contributed by atoms with E-state index in [1.165, 1.54) is 12.1 Å². The van der Waals surface area contributed by atoms with E-state index in [9.17, 15) is 9.59 Å². The van der Waals surface area contributed by atoms with Crippen molar-refractivity contribution < 1.29 is 24.2 Å². The number of carbonyl (C=O) groups is 2. The smallest absolute Gasteiger partial charge is 0.335 e. The van der Waals surface area contributed by atoms with Crippen LogP contribution >= 0.6 is 15.9 Å². The lowest BCUT2D eigenvalue weighted by atomic mass is 10.1. The van der Waals surface area contributed by atoms with Crippen molar-refractivity contribution in [3.8, 4) is 0 Å². The van der Waals surface area contributed by atoms with Crippen molar-refractivity contribution in [2.45, 2.75) is 12.8 Å². The number of benzene rings is 1. The number of carboxylic acids is 1. The quantitative estimate of drug-likeness (QED) is 0.670. The minimum atomic E-state index is -1.07. The fraction of sp³-hybridized carbons (Fsp3) is 0.500. The Balaban J connectivity index is 1.69. The highest BCUT2D eigenvalue weighted by molar-refractivity contribution is 9.10. The molecular formula is C16H20BrNO5. The molecule has 6 nitrogen and oxygen atoms in total. The van der Waals surface area contributed by atoms with Gasteiger partial charge < -0.3 is 19.9 Å². The Hall–Kier alpha value is -1.44. The second kappa shape index (κ2) is 9.00. The van der Waals surface area contributed by atoms with E-state index in [-0.39, 0.29) is 11.5 Å². The predicted octanol–water partition coefficient (Wildman–Crippen LogP) is 2.32. The number of nitrogens with one attached hydrogen (secondary N) is 1. The molecule has 1 heterocycles. The van der Waals surface area contributed by atoms with Gasteiger partial charge in [-0.05, 0) is 31.0 Å². The Morgan fingerprint density at radius 1 is 1.35 bits per heavy atom. The lowest BCUT2D eigenvalue weighted by Gasteiger charge is -2.09. The first kappa shape index (κ1) is 17.9. The van der Waals surface area contributed by atoms with Gasteiger partial charge in [-0.15, -0.1) is 0 Å². The van der Waals surface area contributed by atoms with Gasteiger partial charge in [-0.3, -0.25) is 4.79 Å². The molecule has 23 heavy (non-hydrogen) atoms. The number of aromatic carboxylic acids is 1. The second-order valence-electron chi connectivity index (χ2n) is 5.45. The van der Waals surface area contributed by atoms with E-state index in [1.54, 1.807) is 6.07 Å². The van der Waals surface area contributed by atoms with Gasteiger partial charge in [0.2, 0.25) is 0 Å². The lowest BCUT2D eigenvalue weighted by Crippen LogP contribution is -2.25. The van der Waals surface area contributed by atoms with Crippen molar-refractivity contribution in [1.82, 2.24) is 5.32 Å². The Morgan fingerprint density at radius 3 is 2.83 bits per heavy atom. The summed E-state index contributed by atoms with van der Waals surface area (Å²) in [7, 11) is 0. The van der Waals surface area contributed by atoms with E-state index in [4.69, 9.17) is 14.6 Å². The first-order chi connectivity index (χ1) is 11.1. The average Bonchev–Trinajstić information content (AvgIpc) is 3.03. The van der Waals surface area contributed by atoms with E-state index in [0.29, 0.717) is 42.1 Å². The SMILES string of the molecule is O=C(O)c1cc(Br)cc(C(=O)NCCCOCC2CCOC2)c1. The number of hydrogen-bond acceptors (Lipinski definition) is 4. The number of halogens is 1. The molecule has 1 amide bonds. The van der Waals surface area contributed by atoms with Crippen LogP contribution in [0.3, 0.4) is 0 Å². The minimum Gasteiger partial charge on any atom is -0.478 e. The maximum atomic E-state index is 12.0. The van der Waals surface area contributed by atoms with Gasteiger partial charge in [0.15, 0.2) is 0 Å². The van der Waals surface area contributed by atoms with Crippen LogP contribution in [0.2, 0.25) is 0 Å². The molecule has 0 spiro atoms. The molecule has 0 aliphatic carbocycles. The Kier molecular flexibility index (Phi) is 7.01. The van der Waals surface area contributed by atoms with Gasteiger partial charge >= 0.3 is 5.97 Å². The van der Waals surface area contributed by atoms with E-state index in [1.807, 2.05) is 0 Å². The van der Waals surface area contributed by atoms with Crippen molar-refractivity contribution in [3.63, 3.8) is 0 Å². The highest BCUT2D eigenvalue weighted by atomic mass is 79.9. The molecule has 0 radical (unpaired) electrons. The fourth-order valence-electron chi connectivity index (χ4n) is 2.29. The molecule has 1 fully saturated rings. The molecule has 2 N–H and O–H groups in total. The summed E-state index contributed by atoms with van der Waals surface area (Å²) in [6.07, 6.45) is 1.75. The van der Waals surface area contributed by atoms with Gasteiger partial charge in [-0.1, -0.05) is 15.9 Å². The molecule has 1 aliphatic rings. The zero-order valence-electron chi connectivity index (χ0n) is 12.7. The van der Waals surface area contributed by atoms with Crippen LogP contribution < -0.4 is 5.32 Å². The van der Waals surface area contributed by atoms with Crippen LogP contribution in [-0.4, -0.2) is 50.0 Å². The van der Waals surface area contributed by atoms with Crippen molar-refractivity contribution in [2.75, 3.05) is 33.0 Å². The second-order valence-corrected chi connectivity index (χ2v) is 6.36. The highest BCUT2D eigenvalue weighted by Gasteiger charge is 2.15. The van der Waals surface area contributed by atoms with Crippen molar-refractivity contribution in [2.24, 2.45) is 5.92 Å². The highest BCUT2D eigenvalue weighted by Crippen LogP contribution is 2.16. The van der Waals surface area contributed by atoms with E-state index >= 15 is 0 Å². The van der Waals surface area contributed by atoms with Crippen LogP contribution in [0, 0.1) is 5.92 Å². The van der Waals surface area contributed by atoms with Gasteiger partial charge in [-0.25, -0.2) is 4.79 Å². The summed E-state index contributed by atoms with van der Waals surface area (Å²) < 4.78 is 11.4. The zero-order chi connectivity index (χ0) is 16.7. The maximum Gasteiger partial charge on any atom is 0.335 e. The summed E-state index contributed by atoms with van der Waals surface area (Å²) in [6.45, 7) is 3.34. The molecule has 0 aromatic heterocycles. The van der Waals surface area contributed by atoms with E-state index in [2.05, 4.69) is 21.2 Å². The molecule has 1 aromatic carbocycles. The summed E-state index contributed by atoms with van der Waals surface area (Å²) in [5.41, 5.74) is 0.396. The third-order valence-electron chi connectivity index (χ3n) is 3.54. The fourth-order valence-corrected chi connectivity index (χ4v) is 2.78. The molecule has 0 saturated carbocycles. The first-order valence-electron chi connectivity index (χ1n) is 7.54. The molecule has 1 atom stereocenters. The van der Waals surface area contributed by atoms with Crippen LogP contribution in [-0.2, 0) is 9.47 Å². The lowest BCUT2D eigenvalue weighted by molar-refractivity contribution is 0.0696. The Morgan fingerprint density at radius 2 is 2.13 bits per heavy atom. The molecule has 1 aromatic rings. The van der Waals surface area contributed by atoms with Gasteiger partial charge in [0.05, 0.1) is 18.8 Å². The number of ether oxygens (including phenoxy) is 2. The van der Waals surface area contributed by atoms with Gasteiger partial charge in [0.1, 0.15) is 0 Å². The summed E-state index contributed by atoms with van der Waals surface area (Å²) in [6, 6.07) is 4.41. The van der Waals surface area contributed by atoms with Crippen LogP contribution in [0.1, 0.15) is 33.6 Å². The van der Waals surface area contributed by atoms with Gasteiger partial charge in [-0.2, -0.15) is 0 Å². The summed E-state index contributed by atoms with van der Waals surface area (Å²) in [5, 5.41) is 11.8. The van der Waals surface area contributed by atoms with Crippen LogP contribution in [0.15, 0.2) is 22.7 Å². The molecule has 0 bridgehead atoms. The third kappa shape index (κ3) is 5.93. The number of rotatable bonds is 8. The number of hydrogen-bond donors (Lipinski definition) is 2. The standard InChI is InChI=1S/C16H20BrNO5/c17-14-7-12(6-13(8-14)16(20)21)15(19)18-3-1-4-22-9-11-2-5-23-10-11/h6-8,11H,1-5,9-10H2,(H,18,19)(H,20,21). The van der Waals surface area contributed by atoms with E-state index in [0.717, 1.165) is 19.6 Å². The molecule has 7 heteroatoms. The van der Waals surface area contributed by atoms with E-state index < -0.39 is 5.97 Å². The Bertz CT molecular complexity index is 557. The topological polar surface area (TPSA) is 84.9 Å². The normalized spacial score (nSPS) is 17.2. The van der Waals surface area contributed by atoms with Crippen molar-refractivity contribution in [3.05, 3.63) is 33.8 Å². The van der Waals surface area contributed by atoms with Crippen molar-refractivity contribution in [1.29, 1.82) is 0 Å². The molecule has 2 rings (SSSR count). The molecular weight excluding hydrogens is 366 g/mol. The third-order valence-corrected chi connectivity index (χ3v) is 3.99. The summed E-state index contributed by atoms with van der Waals surface area (Å²) in [5.74, 6) is -0.872. The predicted molar refractivity (Wildman–Crippen MR) is 87.8 cm³/mol. The summed E-state index contributed by atoms with van der Waals surface area (Å²) >= 11 is 3.21. The molecule has 1 unspecified atom stereocenters. The number of carbonyl (C=O) groups excluding carboxylic acids is 1. The number of amides is 1. The van der Waals surface area contributed by atoms with Gasteiger partial charge in [0, 0.05) is 35.7 Å². The van der Waals surface area contributed by atoms with Crippen LogP contribution in [0.25, 0.3) is 0 Å². The first-order valence-corrected chi connectivity index (χ1v) is 8.33. The molecule has 126 valence electrons. The maximum absolute atomic E-state index is 12.0. The summed E-state index contributed by atoms with van der Waals surface area (Å²) in [4.78, 5) is 23.0. The average molecular weight is 386 g/mol. The molecule has 1 saturated heterocycles. The molecule has 1 aliphatic heterocycles.